The van der Waals surface area contributed by atoms with Crippen LogP contribution >= 0.6 is 0 Å². The second kappa shape index (κ2) is 10.3. The molecule has 0 bridgehead atoms. The second-order valence-electron chi connectivity index (χ2n) is 8.85. The number of carbonyl (C=O) groups excluding carboxylic acids is 3. The predicted octanol–water partition coefficient (Wildman–Crippen LogP) is 2.53. The Kier molecular flexibility index (Phi) is 7.73. The van der Waals surface area contributed by atoms with Crippen LogP contribution in [0.3, 0.4) is 0 Å². The zero-order chi connectivity index (χ0) is 24.3. The maximum absolute atomic E-state index is 13.9. The Morgan fingerprint density at radius 3 is 2.61 bits per heavy atom. The van der Waals surface area contributed by atoms with Crippen molar-refractivity contribution in [3.05, 3.63) is 46.9 Å². The van der Waals surface area contributed by atoms with E-state index in [1.807, 2.05) is 25.7 Å². The van der Waals surface area contributed by atoms with Crippen LogP contribution in [0.15, 0.2) is 35.5 Å². The van der Waals surface area contributed by atoms with Crippen molar-refractivity contribution in [1.82, 2.24) is 20.0 Å². The van der Waals surface area contributed by atoms with Gasteiger partial charge in [-0.05, 0) is 31.5 Å². The average molecular weight is 461 g/mol. The predicted molar refractivity (Wildman–Crippen MR) is 122 cm³/mol. The van der Waals surface area contributed by atoms with Gasteiger partial charge in [0, 0.05) is 50.9 Å². The molecule has 1 aromatic rings. The molecule has 0 aromatic heterocycles. The third kappa shape index (κ3) is 5.35. The summed E-state index contributed by atoms with van der Waals surface area (Å²) in [6.07, 6.45) is 0. The molecule has 2 unspecified atom stereocenters. The topological polar surface area (TPSA) is 82.2 Å². The number of nitrogens with one attached hydrogen (secondary N) is 1. The molecule has 1 saturated heterocycles. The van der Waals surface area contributed by atoms with Crippen molar-refractivity contribution in [3.8, 4) is 0 Å². The number of urea groups is 1. The summed E-state index contributed by atoms with van der Waals surface area (Å²) in [4.78, 5) is 43.7. The molecule has 1 fully saturated rings. The van der Waals surface area contributed by atoms with E-state index in [0.29, 0.717) is 37.4 Å². The van der Waals surface area contributed by atoms with Gasteiger partial charge in [-0.2, -0.15) is 0 Å². The van der Waals surface area contributed by atoms with Gasteiger partial charge in [0.15, 0.2) is 0 Å². The molecule has 3 rings (SSSR count). The number of benzene rings is 1. The summed E-state index contributed by atoms with van der Waals surface area (Å²) in [5, 5.41) is 2.80. The Morgan fingerprint density at radius 1 is 1.27 bits per heavy atom. The number of nitrogens with zero attached hydrogens (tertiary/aromatic N) is 3. The molecule has 0 radical (unpaired) electrons. The lowest BCUT2D eigenvalue weighted by molar-refractivity contribution is -0.139. The monoisotopic (exact) mass is 460 g/mol. The highest BCUT2D eigenvalue weighted by atomic mass is 19.1. The first-order valence-electron chi connectivity index (χ1n) is 11.4. The minimum Gasteiger partial charge on any atom is -0.463 e. The fourth-order valence-corrected chi connectivity index (χ4v) is 4.38. The zero-order valence-corrected chi connectivity index (χ0v) is 19.9. The van der Waals surface area contributed by atoms with Gasteiger partial charge in [0.1, 0.15) is 5.82 Å². The summed E-state index contributed by atoms with van der Waals surface area (Å²) in [5.74, 6) is -0.952. The van der Waals surface area contributed by atoms with E-state index in [2.05, 4.69) is 10.2 Å². The Balaban J connectivity index is 1.94. The number of esters is 1. The average Bonchev–Trinajstić information content (AvgIpc) is 2.76. The molecule has 8 nitrogen and oxygen atoms in total. The van der Waals surface area contributed by atoms with E-state index >= 15 is 0 Å². The van der Waals surface area contributed by atoms with Gasteiger partial charge >= 0.3 is 12.0 Å². The first kappa shape index (κ1) is 24.7. The number of halogens is 1. The standard InChI is InChI=1S/C24H33FN4O4/c1-6-33-23(31)20-19(14-28-10-11-29(16(4)13-28)22(30)15(2)3)27(5)24(32)26-21(20)17-8-7-9-18(25)12-17/h7-9,12,15-16,21H,6,10-11,13-14H2,1-5H3,(H,26,32). The molecule has 2 aliphatic rings. The SMILES string of the molecule is CCOC(=O)C1=C(CN2CCN(C(=O)C(C)C)C(C)C2)N(C)C(=O)NC1c1cccc(F)c1. The van der Waals surface area contributed by atoms with Gasteiger partial charge in [0.2, 0.25) is 5.91 Å². The van der Waals surface area contributed by atoms with Crippen LogP contribution < -0.4 is 5.32 Å². The molecule has 9 heteroatoms. The van der Waals surface area contributed by atoms with Crippen molar-refractivity contribution in [3.63, 3.8) is 0 Å². The molecule has 0 saturated carbocycles. The lowest BCUT2D eigenvalue weighted by Crippen LogP contribution is -2.56. The first-order chi connectivity index (χ1) is 15.6. The zero-order valence-electron chi connectivity index (χ0n) is 19.9. The Labute approximate surface area is 194 Å². The van der Waals surface area contributed by atoms with Crippen LogP contribution in [-0.2, 0) is 14.3 Å². The molecule has 2 heterocycles. The highest BCUT2D eigenvalue weighted by molar-refractivity contribution is 5.95. The molecule has 2 aliphatic heterocycles. The molecule has 180 valence electrons. The van der Waals surface area contributed by atoms with Gasteiger partial charge < -0.3 is 15.0 Å². The maximum atomic E-state index is 13.9. The van der Waals surface area contributed by atoms with E-state index in [1.165, 1.54) is 17.0 Å². The molecular formula is C24H33FN4O4. The number of rotatable bonds is 6. The number of piperazine rings is 1. The fourth-order valence-electron chi connectivity index (χ4n) is 4.38. The summed E-state index contributed by atoms with van der Waals surface area (Å²) in [6.45, 7) is 9.80. The lowest BCUT2D eigenvalue weighted by atomic mass is 9.94. The van der Waals surface area contributed by atoms with Gasteiger partial charge in [-0.15, -0.1) is 0 Å². The molecule has 0 aliphatic carbocycles. The largest absolute Gasteiger partial charge is 0.463 e. The smallest absolute Gasteiger partial charge is 0.338 e. The summed E-state index contributed by atoms with van der Waals surface area (Å²) in [7, 11) is 1.60. The van der Waals surface area contributed by atoms with Gasteiger partial charge in [-0.1, -0.05) is 26.0 Å². The van der Waals surface area contributed by atoms with E-state index in [9.17, 15) is 18.8 Å². The normalized spacial score (nSPS) is 22.0. The third-order valence-corrected chi connectivity index (χ3v) is 6.12. The van der Waals surface area contributed by atoms with E-state index in [0.717, 1.165) is 0 Å². The van der Waals surface area contributed by atoms with E-state index < -0.39 is 17.8 Å². The van der Waals surface area contributed by atoms with E-state index in [-0.39, 0.29) is 36.1 Å². The van der Waals surface area contributed by atoms with Crippen LogP contribution in [-0.4, -0.2) is 78.5 Å². The van der Waals surface area contributed by atoms with Crippen LogP contribution in [0.1, 0.15) is 39.3 Å². The van der Waals surface area contributed by atoms with Crippen molar-refractivity contribution >= 4 is 17.9 Å². The number of carbonyl (C=O) groups is 3. The van der Waals surface area contributed by atoms with E-state index in [1.54, 1.807) is 26.1 Å². The Hall–Kier alpha value is -2.94. The number of hydrogen-bond donors (Lipinski definition) is 1. The van der Waals surface area contributed by atoms with E-state index in [4.69, 9.17) is 4.74 Å². The van der Waals surface area contributed by atoms with Crippen molar-refractivity contribution < 1.29 is 23.5 Å². The molecule has 1 N–H and O–H groups in total. The number of hydrogen-bond acceptors (Lipinski definition) is 5. The number of likely N-dealkylation sites (N-methyl/N-ethyl adjacent to an activating group) is 1. The van der Waals surface area contributed by atoms with Gasteiger partial charge in [-0.25, -0.2) is 14.0 Å². The molecule has 2 atom stereocenters. The van der Waals surface area contributed by atoms with Crippen molar-refractivity contribution in [1.29, 1.82) is 0 Å². The highest BCUT2D eigenvalue weighted by Gasteiger charge is 2.38. The fraction of sp³-hybridized carbons (Fsp3) is 0.542. The van der Waals surface area contributed by atoms with Crippen molar-refractivity contribution in [2.24, 2.45) is 5.92 Å². The third-order valence-electron chi connectivity index (χ3n) is 6.12. The summed E-state index contributed by atoms with van der Waals surface area (Å²) in [6, 6.07) is 4.65. The van der Waals surface area contributed by atoms with Crippen molar-refractivity contribution in [2.45, 2.75) is 39.8 Å². The van der Waals surface area contributed by atoms with Crippen LogP contribution in [0.2, 0.25) is 0 Å². The minimum absolute atomic E-state index is 0.00188. The van der Waals surface area contributed by atoms with Crippen LogP contribution in [0.25, 0.3) is 0 Å². The first-order valence-corrected chi connectivity index (χ1v) is 11.4. The van der Waals surface area contributed by atoms with Gasteiger partial charge in [-0.3, -0.25) is 14.6 Å². The molecular weight excluding hydrogens is 427 g/mol. The Morgan fingerprint density at radius 2 is 2.00 bits per heavy atom. The quantitative estimate of drug-likeness (QED) is 0.660. The summed E-state index contributed by atoms with van der Waals surface area (Å²) >= 11 is 0. The molecule has 3 amide bonds. The summed E-state index contributed by atoms with van der Waals surface area (Å²) in [5.41, 5.74) is 1.28. The minimum atomic E-state index is -0.820. The van der Waals surface area contributed by atoms with Gasteiger partial charge in [0.05, 0.1) is 18.2 Å². The highest BCUT2D eigenvalue weighted by Crippen LogP contribution is 2.32. The summed E-state index contributed by atoms with van der Waals surface area (Å²) < 4.78 is 19.3. The molecule has 1 aromatic carbocycles. The van der Waals surface area contributed by atoms with Crippen LogP contribution in [0.4, 0.5) is 9.18 Å². The van der Waals surface area contributed by atoms with Crippen molar-refractivity contribution in [2.75, 3.05) is 39.8 Å². The van der Waals surface area contributed by atoms with Crippen LogP contribution in [0, 0.1) is 11.7 Å². The lowest BCUT2D eigenvalue weighted by Gasteiger charge is -2.42. The number of amides is 3. The maximum Gasteiger partial charge on any atom is 0.338 e. The number of ether oxygens (including phenoxy) is 1. The van der Waals surface area contributed by atoms with Crippen LogP contribution in [0.5, 0.6) is 0 Å². The molecule has 33 heavy (non-hydrogen) atoms. The van der Waals surface area contributed by atoms with Gasteiger partial charge in [0.25, 0.3) is 0 Å². The molecule has 0 spiro atoms. The second-order valence-corrected chi connectivity index (χ2v) is 8.85. The Bertz CT molecular complexity index is 948.